The van der Waals surface area contributed by atoms with Crippen molar-refractivity contribution >= 4 is 23.5 Å². The number of benzene rings is 2. The topological polar surface area (TPSA) is 115 Å². The second-order valence-electron chi connectivity index (χ2n) is 8.48. The molecule has 3 aromatic rings. The van der Waals surface area contributed by atoms with Crippen LogP contribution in [0.15, 0.2) is 65.9 Å². The van der Waals surface area contributed by atoms with Gasteiger partial charge in [0.25, 0.3) is 17.8 Å². The number of carbonyl (C=O) groups is 2. The number of halogens is 1. The van der Waals surface area contributed by atoms with E-state index in [1.165, 1.54) is 31.6 Å². The van der Waals surface area contributed by atoms with Gasteiger partial charge in [-0.05, 0) is 43.7 Å². The number of nitrogens with zero attached hydrogens (tertiary/aromatic N) is 3. The van der Waals surface area contributed by atoms with Crippen LogP contribution in [0.25, 0.3) is 0 Å². The molecule has 2 aliphatic rings. The highest BCUT2D eigenvalue weighted by Crippen LogP contribution is 2.53. The Labute approximate surface area is 200 Å². The van der Waals surface area contributed by atoms with Gasteiger partial charge in [0.2, 0.25) is 5.88 Å². The van der Waals surface area contributed by atoms with E-state index in [2.05, 4.69) is 25.6 Å². The summed E-state index contributed by atoms with van der Waals surface area (Å²) in [6, 6.07) is 13.0. The maximum Gasteiger partial charge on any atom is 0.292 e. The summed E-state index contributed by atoms with van der Waals surface area (Å²) in [6.45, 7) is 1.80. The highest BCUT2D eigenvalue weighted by molar-refractivity contribution is 6.04. The van der Waals surface area contributed by atoms with Crippen molar-refractivity contribution in [3.05, 3.63) is 83.6 Å². The van der Waals surface area contributed by atoms with Crippen molar-refractivity contribution in [2.24, 2.45) is 10.9 Å². The quantitative estimate of drug-likeness (QED) is 0.585. The van der Waals surface area contributed by atoms with Gasteiger partial charge in [-0.1, -0.05) is 18.2 Å². The molecule has 1 saturated carbocycles. The molecule has 1 aliphatic heterocycles. The van der Waals surface area contributed by atoms with E-state index >= 15 is 4.39 Å². The summed E-state index contributed by atoms with van der Waals surface area (Å²) in [4.78, 5) is 37.8. The van der Waals surface area contributed by atoms with E-state index in [4.69, 9.17) is 9.47 Å². The number of anilines is 1. The van der Waals surface area contributed by atoms with Crippen LogP contribution in [0.2, 0.25) is 0 Å². The predicted octanol–water partition coefficient (Wildman–Crippen LogP) is 3.30. The molecule has 10 heteroatoms. The smallest absolute Gasteiger partial charge is 0.292 e. The number of hydrogen-bond acceptors (Lipinski definition) is 7. The lowest BCUT2D eigenvalue weighted by molar-refractivity contribution is 0.0954. The fourth-order valence-electron chi connectivity index (χ4n) is 4.16. The van der Waals surface area contributed by atoms with E-state index in [-0.39, 0.29) is 35.5 Å². The average Bonchev–Trinajstić information content (AvgIpc) is 3.66. The molecule has 0 spiro atoms. The molecule has 1 aromatic heterocycles. The van der Waals surface area contributed by atoms with Crippen LogP contribution >= 0.6 is 0 Å². The van der Waals surface area contributed by atoms with Gasteiger partial charge in [0.15, 0.2) is 0 Å². The lowest BCUT2D eigenvalue weighted by atomic mass is 9.86. The maximum absolute atomic E-state index is 15.0. The van der Waals surface area contributed by atoms with Gasteiger partial charge in [0.1, 0.15) is 17.6 Å². The highest BCUT2D eigenvalue weighted by atomic mass is 19.1. The van der Waals surface area contributed by atoms with Gasteiger partial charge in [-0.15, -0.1) is 0 Å². The molecule has 1 aliphatic carbocycles. The summed E-state index contributed by atoms with van der Waals surface area (Å²) in [5.74, 6) is -1.12. The first-order valence-corrected chi connectivity index (χ1v) is 11.0. The summed E-state index contributed by atoms with van der Waals surface area (Å²) < 4.78 is 25.8. The zero-order valence-corrected chi connectivity index (χ0v) is 19.0. The van der Waals surface area contributed by atoms with Crippen LogP contribution in [0.4, 0.5) is 10.1 Å². The Hall–Kier alpha value is -4.34. The largest absolute Gasteiger partial charge is 0.480 e. The number of carbonyl (C=O) groups excluding carboxylic acids is 2. The Kier molecular flexibility index (Phi) is 5.64. The van der Waals surface area contributed by atoms with Crippen LogP contribution in [-0.2, 0) is 10.3 Å². The van der Waals surface area contributed by atoms with Gasteiger partial charge in [-0.3, -0.25) is 14.9 Å². The summed E-state index contributed by atoms with van der Waals surface area (Å²) in [7, 11) is 1.45. The van der Waals surface area contributed by atoms with Crippen molar-refractivity contribution in [2.45, 2.75) is 25.0 Å². The van der Waals surface area contributed by atoms with Crippen LogP contribution in [0.5, 0.6) is 5.88 Å². The molecular weight excluding hydrogens is 453 g/mol. The molecule has 0 bridgehead atoms. The normalized spacial score (nSPS) is 22.2. The van der Waals surface area contributed by atoms with Crippen molar-refractivity contribution in [3.8, 4) is 5.88 Å². The average molecular weight is 475 g/mol. The number of rotatable bonds is 5. The molecule has 1 unspecified atom stereocenters. The van der Waals surface area contributed by atoms with Gasteiger partial charge in [-0.25, -0.2) is 19.4 Å². The minimum Gasteiger partial charge on any atom is -0.480 e. The van der Waals surface area contributed by atoms with Crippen molar-refractivity contribution in [1.29, 1.82) is 0 Å². The molecule has 35 heavy (non-hydrogen) atoms. The van der Waals surface area contributed by atoms with E-state index in [1.54, 1.807) is 37.3 Å². The molecule has 2 amide bonds. The van der Waals surface area contributed by atoms with Gasteiger partial charge in [0.05, 0.1) is 25.0 Å². The van der Waals surface area contributed by atoms with E-state index in [9.17, 15) is 9.59 Å². The number of amidine groups is 1. The maximum atomic E-state index is 15.0. The number of hydrogen-bond donors (Lipinski definition) is 2. The summed E-state index contributed by atoms with van der Waals surface area (Å²) >= 11 is 0. The Balaban J connectivity index is 1.40. The SMILES string of the molecule is COc1cnc(C(=O)Nc2ccc(F)c(C3(C)N=C(NC(=O)c4ccccc4)O[C@H]4C[C@H]43)c2)cn1. The zero-order chi connectivity index (χ0) is 24.6. The lowest BCUT2D eigenvalue weighted by Gasteiger charge is -2.31. The summed E-state index contributed by atoms with van der Waals surface area (Å²) in [5.41, 5.74) is 0.209. The van der Waals surface area contributed by atoms with Crippen LogP contribution in [0, 0.1) is 11.7 Å². The number of methoxy groups -OCH3 is 1. The fourth-order valence-corrected chi connectivity index (χ4v) is 4.16. The minimum atomic E-state index is -0.993. The second kappa shape index (κ2) is 8.79. The second-order valence-corrected chi connectivity index (χ2v) is 8.48. The molecule has 5 rings (SSSR count). The number of amides is 2. The zero-order valence-electron chi connectivity index (χ0n) is 19.0. The van der Waals surface area contributed by atoms with E-state index in [0.717, 1.165) is 0 Å². The monoisotopic (exact) mass is 475 g/mol. The number of ether oxygens (including phenoxy) is 2. The molecular formula is C25H22FN5O4. The highest BCUT2D eigenvalue weighted by Gasteiger charge is 2.57. The Morgan fingerprint density at radius 2 is 1.89 bits per heavy atom. The van der Waals surface area contributed by atoms with E-state index in [1.807, 2.05) is 6.07 Å². The molecule has 0 saturated heterocycles. The van der Waals surface area contributed by atoms with Crippen LogP contribution in [-0.4, -0.2) is 41.0 Å². The number of nitrogens with one attached hydrogen (secondary N) is 2. The van der Waals surface area contributed by atoms with Crippen molar-refractivity contribution in [2.75, 3.05) is 12.4 Å². The molecule has 178 valence electrons. The molecule has 2 heterocycles. The van der Waals surface area contributed by atoms with Gasteiger partial charge in [0, 0.05) is 22.7 Å². The first-order valence-electron chi connectivity index (χ1n) is 11.0. The first-order chi connectivity index (χ1) is 16.9. The van der Waals surface area contributed by atoms with Gasteiger partial charge in [-0.2, -0.15) is 0 Å². The Bertz CT molecular complexity index is 1320. The van der Waals surface area contributed by atoms with E-state index < -0.39 is 17.3 Å². The fraction of sp³-hybridized carbons (Fsp3) is 0.240. The lowest BCUT2D eigenvalue weighted by Crippen LogP contribution is -2.41. The molecule has 9 nitrogen and oxygen atoms in total. The number of aliphatic imine (C=N–C) groups is 1. The van der Waals surface area contributed by atoms with Crippen molar-refractivity contribution < 1.29 is 23.5 Å². The Morgan fingerprint density at radius 1 is 1.09 bits per heavy atom. The number of fused-ring (bicyclic) bond motifs is 1. The van der Waals surface area contributed by atoms with Crippen molar-refractivity contribution in [3.63, 3.8) is 0 Å². The third kappa shape index (κ3) is 4.42. The summed E-state index contributed by atoms with van der Waals surface area (Å²) in [5, 5.41) is 5.40. The summed E-state index contributed by atoms with van der Waals surface area (Å²) in [6.07, 6.45) is 3.11. The molecule has 0 radical (unpaired) electrons. The third-order valence-electron chi connectivity index (χ3n) is 6.15. The molecule has 3 atom stereocenters. The standard InChI is InChI=1S/C25H22FN5O4/c1-25(17-11-20(17)35-24(31-25)30-22(32)14-6-4-3-5-7-14)16-10-15(8-9-18(16)26)29-23(33)19-12-28-21(34-2)13-27-19/h3-10,12-13,17,20H,11H2,1-2H3,(H,29,33)(H,30,31,32)/t17-,20+,25?/m1/s1. The Morgan fingerprint density at radius 3 is 2.60 bits per heavy atom. The number of aromatic nitrogens is 2. The molecule has 2 N–H and O–H groups in total. The predicted molar refractivity (Wildman–Crippen MR) is 125 cm³/mol. The minimum absolute atomic E-state index is 0.0439. The van der Waals surface area contributed by atoms with Gasteiger partial charge < -0.3 is 14.8 Å². The molecule has 1 fully saturated rings. The van der Waals surface area contributed by atoms with Crippen molar-refractivity contribution in [1.82, 2.24) is 15.3 Å². The van der Waals surface area contributed by atoms with Crippen LogP contribution < -0.4 is 15.4 Å². The molecule has 2 aromatic carbocycles. The first kappa shape index (κ1) is 22.5. The third-order valence-corrected chi connectivity index (χ3v) is 6.15. The van der Waals surface area contributed by atoms with Crippen LogP contribution in [0.1, 0.15) is 39.8 Å². The van der Waals surface area contributed by atoms with Gasteiger partial charge >= 0.3 is 0 Å². The van der Waals surface area contributed by atoms with E-state index in [0.29, 0.717) is 23.2 Å². The van der Waals surface area contributed by atoms with Crippen LogP contribution in [0.3, 0.4) is 0 Å².